The summed E-state index contributed by atoms with van der Waals surface area (Å²) in [4.78, 5) is 19.6. The Kier molecular flexibility index (Phi) is 6.47. The molecule has 0 atom stereocenters. The Balaban J connectivity index is 1.31. The number of methoxy groups -OCH3 is 1. The normalized spacial score (nSPS) is 15.4. The second-order valence-electron chi connectivity index (χ2n) is 8.43. The molecular weight excluding hydrogens is 390 g/mol. The van der Waals surface area contributed by atoms with Crippen molar-refractivity contribution < 1.29 is 14.1 Å². The Hall–Kier alpha value is -2.99. The predicted molar refractivity (Wildman–Crippen MR) is 119 cm³/mol. The van der Waals surface area contributed by atoms with Gasteiger partial charge in [-0.15, -0.1) is 0 Å². The molecule has 1 aromatic heterocycles. The van der Waals surface area contributed by atoms with Crippen LogP contribution in [0.2, 0.25) is 0 Å². The van der Waals surface area contributed by atoms with Crippen molar-refractivity contribution in [3.8, 4) is 17.1 Å². The summed E-state index contributed by atoms with van der Waals surface area (Å²) in [6.07, 6.45) is 1.67. The van der Waals surface area contributed by atoms with E-state index in [9.17, 15) is 4.79 Å². The van der Waals surface area contributed by atoms with Crippen molar-refractivity contribution in [1.82, 2.24) is 15.0 Å². The third-order valence-electron chi connectivity index (χ3n) is 6.00. The van der Waals surface area contributed by atoms with Crippen molar-refractivity contribution >= 4 is 5.78 Å². The molecule has 31 heavy (non-hydrogen) atoms. The largest absolute Gasteiger partial charge is 0.497 e. The van der Waals surface area contributed by atoms with Crippen LogP contribution >= 0.6 is 0 Å². The fraction of sp³-hybridized carbons (Fsp3) is 0.400. The van der Waals surface area contributed by atoms with Crippen LogP contribution in [0.3, 0.4) is 0 Å². The molecule has 1 aliphatic rings. The highest BCUT2D eigenvalue weighted by molar-refractivity contribution is 5.98. The van der Waals surface area contributed by atoms with Gasteiger partial charge in [-0.05, 0) is 61.7 Å². The first-order valence-corrected chi connectivity index (χ1v) is 10.9. The standard InChI is InChI=1S/C25H29N3O3/c1-17(2)18-4-6-21(7-5-18)25-26-23(31-27-25)16-28-14-12-20(13-15-28)24(29)19-8-10-22(30-3)11-9-19/h4-11,17,20H,12-16H2,1-3H3. The second kappa shape index (κ2) is 9.43. The zero-order valence-electron chi connectivity index (χ0n) is 18.4. The molecule has 1 saturated heterocycles. The Bertz CT molecular complexity index is 1000. The van der Waals surface area contributed by atoms with E-state index >= 15 is 0 Å². The van der Waals surface area contributed by atoms with Crippen molar-refractivity contribution in [2.75, 3.05) is 20.2 Å². The molecule has 2 aromatic carbocycles. The summed E-state index contributed by atoms with van der Waals surface area (Å²) < 4.78 is 10.7. The van der Waals surface area contributed by atoms with E-state index in [1.165, 1.54) is 5.56 Å². The molecule has 6 heteroatoms. The summed E-state index contributed by atoms with van der Waals surface area (Å²) in [5.74, 6) is 2.77. The van der Waals surface area contributed by atoms with Crippen LogP contribution in [0.1, 0.15) is 54.4 Å². The number of benzene rings is 2. The van der Waals surface area contributed by atoms with Crippen LogP contribution in [0, 0.1) is 5.92 Å². The van der Waals surface area contributed by atoms with Gasteiger partial charge in [0.25, 0.3) is 0 Å². The number of likely N-dealkylation sites (tertiary alicyclic amines) is 1. The van der Waals surface area contributed by atoms with Gasteiger partial charge < -0.3 is 9.26 Å². The van der Waals surface area contributed by atoms with E-state index in [0.717, 1.165) is 42.8 Å². The first-order chi connectivity index (χ1) is 15.0. The van der Waals surface area contributed by atoms with E-state index in [2.05, 4.69) is 41.0 Å². The van der Waals surface area contributed by atoms with Gasteiger partial charge in [0.2, 0.25) is 11.7 Å². The van der Waals surface area contributed by atoms with Crippen LogP contribution < -0.4 is 4.74 Å². The maximum atomic E-state index is 12.8. The van der Waals surface area contributed by atoms with Crippen molar-refractivity contribution in [2.45, 2.75) is 39.2 Å². The second-order valence-corrected chi connectivity index (χ2v) is 8.43. The van der Waals surface area contributed by atoms with Crippen LogP contribution in [-0.4, -0.2) is 41.0 Å². The SMILES string of the molecule is COc1ccc(C(=O)C2CCN(Cc3nc(-c4ccc(C(C)C)cc4)no3)CC2)cc1. The molecule has 0 bridgehead atoms. The number of Topliss-reactive ketones (excluding diaryl/α,β-unsaturated/α-hetero) is 1. The third-order valence-corrected chi connectivity index (χ3v) is 6.00. The number of hydrogen-bond acceptors (Lipinski definition) is 6. The molecule has 1 fully saturated rings. The van der Waals surface area contributed by atoms with Gasteiger partial charge in [-0.3, -0.25) is 9.69 Å². The Labute approximate surface area is 183 Å². The lowest BCUT2D eigenvalue weighted by atomic mass is 9.89. The minimum Gasteiger partial charge on any atom is -0.497 e. The number of hydrogen-bond donors (Lipinski definition) is 0. The number of nitrogens with zero attached hydrogens (tertiary/aromatic N) is 3. The predicted octanol–water partition coefficient (Wildman–Crippen LogP) is 4.96. The summed E-state index contributed by atoms with van der Waals surface area (Å²) >= 11 is 0. The first kappa shape index (κ1) is 21.2. The van der Waals surface area contributed by atoms with E-state index in [4.69, 9.17) is 9.26 Å². The third kappa shape index (κ3) is 5.02. The van der Waals surface area contributed by atoms with Gasteiger partial charge in [-0.2, -0.15) is 4.98 Å². The highest BCUT2D eigenvalue weighted by atomic mass is 16.5. The number of ketones is 1. The zero-order chi connectivity index (χ0) is 21.8. The highest BCUT2D eigenvalue weighted by Crippen LogP contribution is 2.25. The lowest BCUT2D eigenvalue weighted by Crippen LogP contribution is -2.36. The molecule has 0 radical (unpaired) electrons. The molecule has 0 N–H and O–H groups in total. The van der Waals surface area contributed by atoms with E-state index in [1.807, 2.05) is 36.4 Å². The van der Waals surface area contributed by atoms with Gasteiger partial charge in [0.15, 0.2) is 5.78 Å². The molecule has 162 valence electrons. The molecule has 3 aromatic rings. The van der Waals surface area contributed by atoms with Crippen LogP contribution in [0.5, 0.6) is 5.75 Å². The summed E-state index contributed by atoms with van der Waals surface area (Å²) in [6.45, 7) is 6.64. The number of piperidine rings is 1. The van der Waals surface area contributed by atoms with E-state index < -0.39 is 0 Å². The molecule has 0 unspecified atom stereocenters. The van der Waals surface area contributed by atoms with Gasteiger partial charge in [-0.1, -0.05) is 43.3 Å². The average molecular weight is 420 g/mol. The van der Waals surface area contributed by atoms with Crippen molar-refractivity contribution in [1.29, 1.82) is 0 Å². The fourth-order valence-electron chi connectivity index (χ4n) is 3.99. The van der Waals surface area contributed by atoms with Crippen molar-refractivity contribution in [2.24, 2.45) is 5.92 Å². The van der Waals surface area contributed by atoms with Gasteiger partial charge in [0.1, 0.15) is 5.75 Å². The number of aromatic nitrogens is 2. The van der Waals surface area contributed by atoms with Crippen LogP contribution in [-0.2, 0) is 6.54 Å². The summed E-state index contributed by atoms with van der Waals surface area (Å²) in [7, 11) is 1.63. The summed E-state index contributed by atoms with van der Waals surface area (Å²) in [6, 6.07) is 15.7. The van der Waals surface area contributed by atoms with Gasteiger partial charge in [0, 0.05) is 17.0 Å². The van der Waals surface area contributed by atoms with E-state index in [1.54, 1.807) is 7.11 Å². The maximum absolute atomic E-state index is 12.8. The smallest absolute Gasteiger partial charge is 0.241 e. The quantitative estimate of drug-likeness (QED) is 0.504. The molecule has 2 heterocycles. The van der Waals surface area contributed by atoms with Gasteiger partial charge >= 0.3 is 0 Å². The molecule has 1 aliphatic heterocycles. The van der Waals surface area contributed by atoms with E-state index in [-0.39, 0.29) is 11.7 Å². The Morgan fingerprint density at radius 2 is 1.77 bits per heavy atom. The van der Waals surface area contributed by atoms with E-state index in [0.29, 0.717) is 24.2 Å². The lowest BCUT2D eigenvalue weighted by Gasteiger charge is -2.30. The number of ether oxygens (including phenoxy) is 1. The number of carbonyl (C=O) groups excluding carboxylic acids is 1. The van der Waals surface area contributed by atoms with Gasteiger partial charge in [0.05, 0.1) is 13.7 Å². The van der Waals surface area contributed by atoms with Crippen LogP contribution in [0.25, 0.3) is 11.4 Å². The van der Waals surface area contributed by atoms with Crippen LogP contribution in [0.4, 0.5) is 0 Å². The lowest BCUT2D eigenvalue weighted by molar-refractivity contribution is 0.0825. The van der Waals surface area contributed by atoms with Crippen molar-refractivity contribution in [3.63, 3.8) is 0 Å². The minimum atomic E-state index is 0.0577. The summed E-state index contributed by atoms with van der Waals surface area (Å²) in [5.41, 5.74) is 3.01. The van der Waals surface area contributed by atoms with Crippen LogP contribution in [0.15, 0.2) is 53.1 Å². The Morgan fingerprint density at radius 3 is 2.39 bits per heavy atom. The Morgan fingerprint density at radius 1 is 1.10 bits per heavy atom. The highest BCUT2D eigenvalue weighted by Gasteiger charge is 2.26. The molecule has 0 aliphatic carbocycles. The first-order valence-electron chi connectivity index (χ1n) is 10.9. The zero-order valence-corrected chi connectivity index (χ0v) is 18.4. The average Bonchev–Trinajstić information content (AvgIpc) is 3.27. The molecule has 0 spiro atoms. The molecule has 6 nitrogen and oxygen atoms in total. The number of rotatable bonds is 7. The maximum Gasteiger partial charge on any atom is 0.241 e. The topological polar surface area (TPSA) is 68.5 Å². The molecule has 0 amide bonds. The fourth-order valence-corrected chi connectivity index (χ4v) is 3.99. The summed E-state index contributed by atoms with van der Waals surface area (Å²) in [5, 5.41) is 4.15. The van der Waals surface area contributed by atoms with Crippen molar-refractivity contribution in [3.05, 3.63) is 65.5 Å². The van der Waals surface area contributed by atoms with Gasteiger partial charge in [-0.25, -0.2) is 0 Å². The molecule has 0 saturated carbocycles. The number of carbonyl (C=O) groups is 1. The molecular formula is C25H29N3O3. The minimum absolute atomic E-state index is 0.0577. The molecule has 4 rings (SSSR count). The monoisotopic (exact) mass is 419 g/mol.